The van der Waals surface area contributed by atoms with E-state index >= 15 is 0 Å². The number of hydrogen-bond donors (Lipinski definition) is 2. The smallest absolute Gasteiger partial charge is 0.417 e. The molecule has 2 aliphatic heterocycles. The molecule has 2 saturated heterocycles. The summed E-state index contributed by atoms with van der Waals surface area (Å²) in [5.74, 6) is -1.16. The van der Waals surface area contributed by atoms with Gasteiger partial charge in [0.05, 0.1) is 42.0 Å². The number of benzene rings is 1. The van der Waals surface area contributed by atoms with E-state index < -0.39 is 34.3 Å². The van der Waals surface area contributed by atoms with Crippen molar-refractivity contribution in [2.24, 2.45) is 0 Å². The lowest BCUT2D eigenvalue weighted by molar-refractivity contribution is -0.141. The molecule has 3 fully saturated rings. The van der Waals surface area contributed by atoms with Gasteiger partial charge in [-0.05, 0) is 71.6 Å². The summed E-state index contributed by atoms with van der Waals surface area (Å²) in [5.41, 5.74) is -3.24. The van der Waals surface area contributed by atoms with Crippen LogP contribution in [-0.4, -0.2) is 99.7 Å². The van der Waals surface area contributed by atoms with Gasteiger partial charge in [0.1, 0.15) is 5.50 Å². The average molecular weight is 612 g/mol. The van der Waals surface area contributed by atoms with Crippen LogP contribution in [-0.2, 0) is 20.5 Å². The molecule has 9 nitrogen and oxygen atoms in total. The van der Waals surface area contributed by atoms with Crippen LogP contribution >= 0.6 is 12.6 Å². The number of thiol groups is 1. The number of rotatable bonds is 8. The number of halogens is 3. The van der Waals surface area contributed by atoms with Gasteiger partial charge in [0.2, 0.25) is 5.91 Å². The summed E-state index contributed by atoms with van der Waals surface area (Å²) in [5, 5.41) is 18.3. The van der Waals surface area contributed by atoms with E-state index in [1.54, 1.807) is 19.9 Å². The van der Waals surface area contributed by atoms with Crippen LogP contribution < -0.4 is 4.90 Å². The highest BCUT2D eigenvalue weighted by Gasteiger charge is 2.54. The molecule has 4 rings (SSSR count). The molecule has 0 spiro atoms. The largest absolute Gasteiger partial charge is 0.480 e. The van der Waals surface area contributed by atoms with Crippen molar-refractivity contribution in [3.63, 3.8) is 0 Å². The van der Waals surface area contributed by atoms with Crippen molar-refractivity contribution in [1.82, 2.24) is 14.7 Å². The van der Waals surface area contributed by atoms with E-state index in [4.69, 9.17) is 27.7 Å². The highest BCUT2D eigenvalue weighted by atomic mass is 32.1. The van der Waals surface area contributed by atoms with Gasteiger partial charge >= 0.3 is 12.1 Å². The first-order valence-electron chi connectivity index (χ1n) is 14.4. The van der Waals surface area contributed by atoms with Crippen molar-refractivity contribution in [2.45, 2.75) is 94.8 Å². The van der Waals surface area contributed by atoms with Crippen LogP contribution in [0.5, 0.6) is 0 Å². The molecule has 0 aromatic heterocycles. The molecule has 1 aliphatic carbocycles. The molecule has 1 amide bonds. The number of aliphatic carboxylic acids is 1. The quantitative estimate of drug-likeness (QED) is 0.426. The molecule has 2 heterocycles. The van der Waals surface area contributed by atoms with Crippen LogP contribution in [0.25, 0.3) is 0 Å². The van der Waals surface area contributed by atoms with E-state index in [9.17, 15) is 22.8 Å². The molecule has 232 valence electrons. The third-order valence-corrected chi connectivity index (χ3v) is 9.35. The lowest BCUT2D eigenvalue weighted by Gasteiger charge is -2.44. The van der Waals surface area contributed by atoms with Gasteiger partial charge in [-0.15, -0.1) is 12.6 Å². The van der Waals surface area contributed by atoms with Crippen molar-refractivity contribution >= 4 is 30.2 Å². The molecule has 0 bridgehead atoms. The standard InChI is InChI=1S/C29H40F3N5O4S/c1-18-15-34(16-19(2)35(18)17-25(38)39)11-12-41-23-9-7-21(8-10-23)37-27(42)36(26(40)28(37,3)4)22-6-5-20(14-33)24(13-22)29(30,31)32/h5-6,13,18-19,21,23,27,42H,7-12,15-17H2,1-4H3,(H,38,39)/t18-,19+,21?,23?,27?. The summed E-state index contributed by atoms with van der Waals surface area (Å²) in [6.45, 7) is 10.6. The number of anilines is 1. The molecule has 1 aromatic carbocycles. The minimum absolute atomic E-state index is 0.000722. The molecule has 0 radical (unpaired) electrons. The minimum Gasteiger partial charge on any atom is -0.480 e. The number of hydrogen-bond acceptors (Lipinski definition) is 8. The normalized spacial score (nSPS) is 29.5. The maximum atomic E-state index is 13.6. The maximum absolute atomic E-state index is 13.6. The Morgan fingerprint density at radius 2 is 1.79 bits per heavy atom. The Hall–Kier alpha value is -2.37. The number of piperazine rings is 1. The van der Waals surface area contributed by atoms with Gasteiger partial charge in [0.15, 0.2) is 0 Å². The molecular formula is C29H40F3N5O4S. The Morgan fingerprint density at radius 1 is 1.17 bits per heavy atom. The summed E-state index contributed by atoms with van der Waals surface area (Å²) >= 11 is 4.72. The zero-order valence-electron chi connectivity index (χ0n) is 24.5. The Labute approximate surface area is 250 Å². The SMILES string of the molecule is C[C@@H]1CN(CCOC2CCC(N3C(S)N(c4ccc(C#N)c(C(F)(F)F)c4)C(=O)C3(C)C)CC2)C[C@H](C)N1CC(=O)O. The number of ether oxygens (including phenoxy) is 1. The van der Waals surface area contributed by atoms with E-state index in [0.29, 0.717) is 6.61 Å². The Kier molecular flexibility index (Phi) is 9.84. The predicted octanol–water partition coefficient (Wildman–Crippen LogP) is 4.02. The number of carboxylic acid groups (broad SMARTS) is 1. The van der Waals surface area contributed by atoms with Gasteiger partial charge in [-0.1, -0.05) is 0 Å². The molecule has 3 aliphatic rings. The predicted molar refractivity (Wildman–Crippen MR) is 154 cm³/mol. The zero-order chi connectivity index (χ0) is 31.0. The molecule has 1 aromatic rings. The highest BCUT2D eigenvalue weighted by molar-refractivity contribution is 7.81. The first-order valence-corrected chi connectivity index (χ1v) is 14.9. The highest BCUT2D eigenvalue weighted by Crippen LogP contribution is 2.43. The van der Waals surface area contributed by atoms with Crippen molar-refractivity contribution < 1.29 is 32.6 Å². The fourth-order valence-corrected chi connectivity index (χ4v) is 7.50. The number of nitriles is 1. The fourth-order valence-electron chi connectivity index (χ4n) is 6.79. The number of nitrogens with zero attached hydrogens (tertiary/aromatic N) is 5. The van der Waals surface area contributed by atoms with Crippen LogP contribution in [0.2, 0.25) is 0 Å². The van der Waals surface area contributed by atoms with Gasteiger partial charge in [0.25, 0.3) is 0 Å². The summed E-state index contributed by atoms with van der Waals surface area (Å²) in [6, 6.07) is 5.19. The van der Waals surface area contributed by atoms with Crippen molar-refractivity contribution in [1.29, 1.82) is 5.26 Å². The third-order valence-electron chi connectivity index (χ3n) is 8.87. The molecule has 42 heavy (non-hydrogen) atoms. The second-order valence-corrected chi connectivity index (χ2v) is 12.6. The monoisotopic (exact) mass is 611 g/mol. The molecular weight excluding hydrogens is 571 g/mol. The van der Waals surface area contributed by atoms with E-state index in [-0.39, 0.29) is 42.4 Å². The lowest BCUT2D eigenvalue weighted by atomic mass is 9.89. The second kappa shape index (κ2) is 12.7. The molecule has 13 heteroatoms. The Balaban J connectivity index is 1.33. The third kappa shape index (κ3) is 6.73. The zero-order valence-corrected chi connectivity index (χ0v) is 25.4. The first kappa shape index (κ1) is 32.5. The van der Waals surface area contributed by atoms with Crippen molar-refractivity contribution in [2.75, 3.05) is 37.7 Å². The minimum atomic E-state index is -4.73. The molecule has 1 N–H and O–H groups in total. The van der Waals surface area contributed by atoms with Crippen LogP contribution in [0.3, 0.4) is 0 Å². The van der Waals surface area contributed by atoms with Crippen LogP contribution in [0.4, 0.5) is 18.9 Å². The van der Waals surface area contributed by atoms with Crippen LogP contribution in [0.1, 0.15) is 64.5 Å². The van der Waals surface area contributed by atoms with Crippen molar-refractivity contribution in [3.05, 3.63) is 29.3 Å². The average Bonchev–Trinajstić information content (AvgIpc) is 3.08. The Bertz CT molecular complexity index is 1190. The molecule has 3 atom stereocenters. The maximum Gasteiger partial charge on any atom is 0.417 e. The van der Waals surface area contributed by atoms with E-state index in [1.807, 2.05) is 23.6 Å². The summed E-state index contributed by atoms with van der Waals surface area (Å²) < 4.78 is 47.1. The van der Waals surface area contributed by atoms with Crippen LogP contribution in [0.15, 0.2) is 18.2 Å². The molecule has 1 saturated carbocycles. The lowest BCUT2D eigenvalue weighted by Crippen LogP contribution is -2.58. The first-order chi connectivity index (χ1) is 19.6. The molecule has 1 unspecified atom stereocenters. The van der Waals surface area contributed by atoms with Gasteiger partial charge in [0, 0.05) is 43.4 Å². The summed E-state index contributed by atoms with van der Waals surface area (Å²) in [4.78, 5) is 32.3. The van der Waals surface area contributed by atoms with E-state index in [1.165, 1.54) is 11.0 Å². The number of carbonyl (C=O) groups is 2. The summed E-state index contributed by atoms with van der Waals surface area (Å²) in [7, 11) is 0. The second-order valence-electron chi connectivity index (χ2n) is 12.2. The fraction of sp³-hybridized carbons (Fsp3) is 0.690. The van der Waals surface area contributed by atoms with E-state index in [0.717, 1.165) is 57.5 Å². The number of carboxylic acids is 1. The van der Waals surface area contributed by atoms with Gasteiger partial charge in [-0.2, -0.15) is 18.4 Å². The van der Waals surface area contributed by atoms with E-state index in [2.05, 4.69) is 4.90 Å². The summed E-state index contributed by atoms with van der Waals surface area (Å²) in [6.07, 6.45) is -1.55. The van der Waals surface area contributed by atoms with Gasteiger partial charge in [-0.3, -0.25) is 29.2 Å². The van der Waals surface area contributed by atoms with Crippen molar-refractivity contribution in [3.8, 4) is 6.07 Å². The van der Waals surface area contributed by atoms with Gasteiger partial charge < -0.3 is 9.84 Å². The van der Waals surface area contributed by atoms with Crippen LogP contribution in [0, 0.1) is 11.3 Å². The number of alkyl halides is 3. The number of carbonyl (C=O) groups excluding carboxylic acids is 1. The Morgan fingerprint density at radius 3 is 2.33 bits per heavy atom. The number of amides is 1. The topological polar surface area (TPSA) is 100 Å². The van der Waals surface area contributed by atoms with Gasteiger partial charge in [-0.25, -0.2) is 0 Å².